The largest absolute Gasteiger partial charge is 0.381 e. The maximum absolute atomic E-state index is 12.4. The summed E-state index contributed by atoms with van der Waals surface area (Å²) < 4.78 is 5.32. The molecule has 104 valence electrons. The van der Waals surface area contributed by atoms with Crippen molar-refractivity contribution in [3.63, 3.8) is 0 Å². The molecule has 1 atom stereocenters. The first-order valence-electron chi connectivity index (χ1n) is 6.76. The lowest BCUT2D eigenvalue weighted by molar-refractivity contribution is -0.135. The van der Waals surface area contributed by atoms with E-state index in [1.54, 1.807) is 4.90 Å². The summed E-state index contributed by atoms with van der Waals surface area (Å²) in [6.45, 7) is 3.47. The number of amides is 1. The second kappa shape index (κ2) is 6.17. The van der Waals surface area contributed by atoms with Crippen LogP contribution < -0.4 is 5.73 Å². The number of hydrogen-bond donors (Lipinski definition) is 1. The molecule has 1 fully saturated rings. The number of nitrogens with zero attached hydrogens (tertiary/aromatic N) is 1. The highest BCUT2D eigenvalue weighted by atomic mass is 16.5. The Morgan fingerprint density at radius 1 is 1.32 bits per heavy atom. The highest BCUT2D eigenvalue weighted by molar-refractivity contribution is 5.83. The summed E-state index contributed by atoms with van der Waals surface area (Å²) in [6.07, 6.45) is 1.78. The van der Waals surface area contributed by atoms with Gasteiger partial charge in [-0.2, -0.15) is 0 Å². The number of likely N-dealkylation sites (N-methyl/N-ethyl adjacent to an activating group) is 1. The molecule has 1 saturated heterocycles. The molecule has 1 aliphatic heterocycles. The van der Waals surface area contributed by atoms with E-state index < -0.39 is 6.04 Å². The molecule has 4 nitrogen and oxygen atoms in total. The Morgan fingerprint density at radius 2 is 1.89 bits per heavy atom. The molecule has 4 heteroatoms. The Kier molecular flexibility index (Phi) is 4.56. The first kappa shape index (κ1) is 14.0. The van der Waals surface area contributed by atoms with Gasteiger partial charge in [0.25, 0.3) is 0 Å². The van der Waals surface area contributed by atoms with Gasteiger partial charge in [-0.25, -0.2) is 0 Å². The number of rotatable bonds is 3. The van der Waals surface area contributed by atoms with Crippen LogP contribution >= 0.6 is 0 Å². The maximum atomic E-state index is 12.4. The number of hydrogen-bond acceptors (Lipinski definition) is 3. The zero-order valence-electron chi connectivity index (χ0n) is 11.6. The lowest BCUT2D eigenvalue weighted by Gasteiger charge is -2.32. The van der Waals surface area contributed by atoms with Crippen molar-refractivity contribution in [2.75, 3.05) is 20.3 Å². The fraction of sp³-hybridized carbons (Fsp3) is 0.533. The fourth-order valence-electron chi connectivity index (χ4n) is 2.39. The standard InChI is InChI=1S/C15H22N2O2/c1-11-3-5-12(6-4-11)14(16)15(18)17(2)13-7-9-19-10-8-13/h3-6,13-14H,7-10,16H2,1-2H3. The minimum absolute atomic E-state index is 0.0178. The quantitative estimate of drug-likeness (QED) is 0.901. The van der Waals surface area contributed by atoms with Gasteiger partial charge < -0.3 is 15.4 Å². The van der Waals surface area contributed by atoms with Gasteiger partial charge in [-0.1, -0.05) is 29.8 Å². The molecular formula is C15H22N2O2. The van der Waals surface area contributed by atoms with Crippen molar-refractivity contribution in [3.8, 4) is 0 Å². The molecule has 0 saturated carbocycles. The van der Waals surface area contributed by atoms with Crippen molar-refractivity contribution in [3.05, 3.63) is 35.4 Å². The molecule has 0 aromatic heterocycles. The molecule has 1 aromatic rings. The Labute approximate surface area is 114 Å². The Balaban J connectivity index is 2.03. The van der Waals surface area contributed by atoms with E-state index >= 15 is 0 Å². The molecule has 19 heavy (non-hydrogen) atoms. The lowest BCUT2D eigenvalue weighted by Crippen LogP contribution is -2.44. The predicted octanol–water partition coefficient (Wildman–Crippen LogP) is 1.63. The molecule has 2 rings (SSSR count). The van der Waals surface area contributed by atoms with Crippen LogP contribution in [0.4, 0.5) is 0 Å². The van der Waals surface area contributed by atoms with Gasteiger partial charge in [0.05, 0.1) is 0 Å². The number of carbonyl (C=O) groups excluding carboxylic acids is 1. The van der Waals surface area contributed by atoms with Crippen LogP contribution in [0.15, 0.2) is 24.3 Å². The van der Waals surface area contributed by atoms with Crippen LogP contribution in [-0.4, -0.2) is 37.1 Å². The molecule has 0 spiro atoms. The number of carbonyl (C=O) groups is 1. The zero-order chi connectivity index (χ0) is 13.8. The topological polar surface area (TPSA) is 55.6 Å². The van der Waals surface area contributed by atoms with Gasteiger partial charge in [-0.05, 0) is 25.3 Å². The van der Waals surface area contributed by atoms with Crippen molar-refractivity contribution < 1.29 is 9.53 Å². The first-order valence-corrected chi connectivity index (χ1v) is 6.76. The van der Waals surface area contributed by atoms with Crippen LogP contribution in [0.2, 0.25) is 0 Å². The molecule has 1 unspecified atom stereocenters. The second-order valence-corrected chi connectivity index (χ2v) is 5.18. The van der Waals surface area contributed by atoms with Crippen molar-refractivity contribution in [2.45, 2.75) is 31.8 Å². The van der Waals surface area contributed by atoms with Crippen LogP contribution in [0, 0.1) is 6.92 Å². The van der Waals surface area contributed by atoms with Crippen LogP contribution in [-0.2, 0) is 9.53 Å². The minimum Gasteiger partial charge on any atom is -0.381 e. The summed E-state index contributed by atoms with van der Waals surface area (Å²) in [7, 11) is 1.84. The van der Waals surface area contributed by atoms with Gasteiger partial charge >= 0.3 is 0 Å². The molecule has 0 radical (unpaired) electrons. The van der Waals surface area contributed by atoms with Crippen molar-refractivity contribution in [1.29, 1.82) is 0 Å². The highest BCUT2D eigenvalue weighted by Crippen LogP contribution is 2.18. The third-order valence-corrected chi connectivity index (χ3v) is 3.79. The first-order chi connectivity index (χ1) is 9.09. The SMILES string of the molecule is Cc1ccc(C(N)C(=O)N(C)C2CCOCC2)cc1. The minimum atomic E-state index is -0.576. The third-order valence-electron chi connectivity index (χ3n) is 3.79. The Bertz CT molecular complexity index is 424. The average molecular weight is 262 g/mol. The average Bonchev–Trinajstić information content (AvgIpc) is 2.46. The predicted molar refractivity (Wildman–Crippen MR) is 74.7 cm³/mol. The van der Waals surface area contributed by atoms with Crippen LogP contribution in [0.25, 0.3) is 0 Å². The van der Waals surface area contributed by atoms with Gasteiger partial charge in [0.15, 0.2) is 0 Å². The van der Waals surface area contributed by atoms with Crippen LogP contribution in [0.5, 0.6) is 0 Å². The van der Waals surface area contributed by atoms with E-state index in [9.17, 15) is 4.79 Å². The van der Waals surface area contributed by atoms with E-state index in [0.717, 1.165) is 31.6 Å². The van der Waals surface area contributed by atoms with Crippen molar-refractivity contribution in [1.82, 2.24) is 4.90 Å². The normalized spacial score (nSPS) is 18.1. The zero-order valence-corrected chi connectivity index (χ0v) is 11.6. The lowest BCUT2D eigenvalue weighted by atomic mass is 10.0. The summed E-state index contributed by atoms with van der Waals surface area (Å²) in [5, 5.41) is 0. The fourth-order valence-corrected chi connectivity index (χ4v) is 2.39. The van der Waals surface area contributed by atoms with Crippen LogP contribution in [0.1, 0.15) is 30.0 Å². The maximum Gasteiger partial charge on any atom is 0.244 e. The Morgan fingerprint density at radius 3 is 2.47 bits per heavy atom. The summed E-state index contributed by atoms with van der Waals surface area (Å²) in [6, 6.07) is 7.49. The number of ether oxygens (including phenoxy) is 1. The summed E-state index contributed by atoms with van der Waals surface area (Å²) >= 11 is 0. The summed E-state index contributed by atoms with van der Waals surface area (Å²) in [5.41, 5.74) is 8.11. The molecule has 0 bridgehead atoms. The van der Waals surface area contributed by atoms with Gasteiger partial charge in [0.2, 0.25) is 5.91 Å². The van der Waals surface area contributed by atoms with Crippen LogP contribution in [0.3, 0.4) is 0 Å². The molecule has 1 heterocycles. The second-order valence-electron chi connectivity index (χ2n) is 5.18. The monoisotopic (exact) mass is 262 g/mol. The molecule has 1 aliphatic rings. The third kappa shape index (κ3) is 3.33. The van der Waals surface area contributed by atoms with E-state index in [1.165, 1.54) is 5.56 Å². The molecule has 2 N–H and O–H groups in total. The smallest absolute Gasteiger partial charge is 0.244 e. The van der Waals surface area contributed by atoms with Gasteiger partial charge in [0.1, 0.15) is 6.04 Å². The van der Waals surface area contributed by atoms with Gasteiger partial charge in [-0.15, -0.1) is 0 Å². The van der Waals surface area contributed by atoms with Crippen molar-refractivity contribution in [2.24, 2.45) is 5.73 Å². The molecule has 1 amide bonds. The van der Waals surface area contributed by atoms with Gasteiger partial charge in [0, 0.05) is 26.3 Å². The van der Waals surface area contributed by atoms with E-state index in [4.69, 9.17) is 10.5 Å². The Hall–Kier alpha value is -1.39. The number of nitrogens with two attached hydrogens (primary N) is 1. The molecule has 1 aromatic carbocycles. The number of benzene rings is 1. The number of aryl methyl sites for hydroxylation is 1. The van der Waals surface area contributed by atoms with Crippen molar-refractivity contribution >= 4 is 5.91 Å². The summed E-state index contributed by atoms with van der Waals surface area (Å²) in [4.78, 5) is 14.2. The molecule has 0 aliphatic carbocycles. The molecular weight excluding hydrogens is 240 g/mol. The summed E-state index contributed by atoms with van der Waals surface area (Å²) in [5.74, 6) is -0.0178. The van der Waals surface area contributed by atoms with Gasteiger partial charge in [-0.3, -0.25) is 4.79 Å². The van der Waals surface area contributed by atoms with E-state index in [2.05, 4.69) is 0 Å². The van der Waals surface area contributed by atoms with E-state index in [0.29, 0.717) is 0 Å². The van der Waals surface area contributed by atoms with E-state index in [1.807, 2.05) is 38.2 Å². The van der Waals surface area contributed by atoms with E-state index in [-0.39, 0.29) is 11.9 Å². The highest BCUT2D eigenvalue weighted by Gasteiger charge is 2.26.